The summed E-state index contributed by atoms with van der Waals surface area (Å²) in [6, 6.07) is 18.9. The Kier molecular flexibility index (Phi) is 6.74. The lowest BCUT2D eigenvalue weighted by Gasteiger charge is -2.22. The van der Waals surface area contributed by atoms with Gasteiger partial charge in [0.05, 0.1) is 18.4 Å². The van der Waals surface area contributed by atoms with Gasteiger partial charge < -0.3 is 5.32 Å². The van der Waals surface area contributed by atoms with E-state index in [9.17, 15) is 14.4 Å². The molecule has 0 bridgehead atoms. The first-order chi connectivity index (χ1) is 16.3. The number of amides is 4. The van der Waals surface area contributed by atoms with E-state index in [1.165, 1.54) is 0 Å². The van der Waals surface area contributed by atoms with E-state index in [1.54, 1.807) is 29.7 Å². The third-order valence-corrected chi connectivity index (χ3v) is 5.78. The van der Waals surface area contributed by atoms with Crippen molar-refractivity contribution in [1.29, 1.82) is 0 Å². The summed E-state index contributed by atoms with van der Waals surface area (Å²) in [5.74, 6) is -0.915. The molecule has 9 nitrogen and oxygen atoms in total. The molecule has 0 radical (unpaired) electrons. The molecule has 0 spiro atoms. The fourth-order valence-electron chi connectivity index (χ4n) is 3.93. The Balaban J connectivity index is 1.29. The van der Waals surface area contributed by atoms with Gasteiger partial charge in [-0.3, -0.25) is 19.9 Å². The van der Waals surface area contributed by atoms with E-state index >= 15 is 0 Å². The molecular weight excluding hydrogens is 432 g/mol. The van der Waals surface area contributed by atoms with Crippen LogP contribution in [0, 0.1) is 0 Å². The molecule has 0 saturated carbocycles. The zero-order valence-electron chi connectivity index (χ0n) is 19.3. The highest BCUT2D eigenvalue weighted by Gasteiger charge is 2.48. The number of hydrazine groups is 1. The lowest BCUT2D eigenvalue weighted by molar-refractivity contribution is -0.139. The van der Waals surface area contributed by atoms with Crippen molar-refractivity contribution in [2.24, 2.45) is 0 Å². The Bertz CT molecular complexity index is 1160. The van der Waals surface area contributed by atoms with Gasteiger partial charge in [-0.05, 0) is 44.5 Å². The number of aromatic nitrogens is 2. The molecule has 2 heterocycles. The maximum absolute atomic E-state index is 12.9. The Morgan fingerprint density at radius 2 is 1.74 bits per heavy atom. The summed E-state index contributed by atoms with van der Waals surface area (Å²) >= 11 is 0. The van der Waals surface area contributed by atoms with E-state index in [4.69, 9.17) is 0 Å². The average molecular weight is 461 g/mol. The molecule has 1 saturated heterocycles. The van der Waals surface area contributed by atoms with Gasteiger partial charge in [0.1, 0.15) is 5.54 Å². The second kappa shape index (κ2) is 9.88. The Morgan fingerprint density at radius 1 is 1.06 bits per heavy atom. The minimum absolute atomic E-state index is 0.00824. The summed E-state index contributed by atoms with van der Waals surface area (Å²) < 4.78 is 1.77. The average Bonchev–Trinajstić information content (AvgIpc) is 3.37. The molecule has 0 aliphatic carbocycles. The van der Waals surface area contributed by atoms with Gasteiger partial charge in [-0.15, -0.1) is 0 Å². The molecule has 9 heteroatoms. The Morgan fingerprint density at radius 3 is 2.44 bits per heavy atom. The molecule has 1 aliphatic rings. The standard InChI is InChI=1S/C25H28N6O3/c1-25(14-13-19-9-5-3-6-10-19)23(33)31(24(34)27-25)28-22(32)18-29(2)16-20-15-26-30(17-20)21-11-7-4-8-12-21/h3-12,15,17H,13-14,16,18H2,1-2H3,(H,27,34)(H,28,32). The lowest BCUT2D eigenvalue weighted by atomic mass is 9.93. The van der Waals surface area contributed by atoms with Crippen LogP contribution in [-0.2, 0) is 22.6 Å². The predicted octanol–water partition coefficient (Wildman–Crippen LogP) is 2.28. The second-order valence-corrected chi connectivity index (χ2v) is 8.72. The number of carbonyl (C=O) groups excluding carboxylic acids is 3. The van der Waals surface area contributed by atoms with Crippen molar-refractivity contribution in [3.8, 4) is 5.69 Å². The first-order valence-corrected chi connectivity index (χ1v) is 11.1. The first kappa shape index (κ1) is 23.2. The van der Waals surface area contributed by atoms with E-state index < -0.39 is 23.4 Å². The van der Waals surface area contributed by atoms with Gasteiger partial charge >= 0.3 is 6.03 Å². The summed E-state index contributed by atoms with van der Waals surface area (Å²) in [7, 11) is 1.79. The van der Waals surface area contributed by atoms with E-state index in [0.717, 1.165) is 21.8 Å². The van der Waals surface area contributed by atoms with E-state index in [-0.39, 0.29) is 6.54 Å². The predicted molar refractivity (Wildman–Crippen MR) is 127 cm³/mol. The van der Waals surface area contributed by atoms with Crippen LogP contribution in [0.4, 0.5) is 4.79 Å². The van der Waals surface area contributed by atoms with Crippen LogP contribution in [0.2, 0.25) is 0 Å². The Labute approximate surface area is 198 Å². The molecule has 1 aromatic heterocycles. The largest absolute Gasteiger partial charge is 0.344 e. The van der Waals surface area contributed by atoms with Crippen molar-refractivity contribution < 1.29 is 14.4 Å². The number of benzene rings is 2. The smallest absolute Gasteiger partial charge is 0.322 e. The summed E-state index contributed by atoms with van der Waals surface area (Å²) in [4.78, 5) is 39.7. The minimum atomic E-state index is -1.07. The summed E-state index contributed by atoms with van der Waals surface area (Å²) in [6.45, 7) is 2.17. The van der Waals surface area contributed by atoms with Crippen LogP contribution in [0.25, 0.3) is 5.69 Å². The number of hydrogen-bond acceptors (Lipinski definition) is 5. The van der Waals surface area contributed by atoms with Crippen molar-refractivity contribution in [1.82, 2.24) is 30.4 Å². The number of nitrogens with zero attached hydrogens (tertiary/aromatic N) is 4. The number of likely N-dealkylation sites (N-methyl/N-ethyl adjacent to an activating group) is 1. The quantitative estimate of drug-likeness (QED) is 0.478. The maximum Gasteiger partial charge on any atom is 0.344 e. The highest BCUT2D eigenvalue weighted by atomic mass is 16.2. The highest BCUT2D eigenvalue weighted by molar-refractivity contribution is 6.07. The fourth-order valence-corrected chi connectivity index (χ4v) is 3.93. The van der Waals surface area contributed by atoms with Crippen LogP contribution in [0.1, 0.15) is 24.5 Å². The molecule has 4 rings (SSSR count). The molecule has 2 N–H and O–H groups in total. The van der Waals surface area contributed by atoms with E-state index in [1.807, 2.05) is 66.9 Å². The lowest BCUT2D eigenvalue weighted by Crippen LogP contribution is -2.51. The molecule has 3 aromatic rings. The fraction of sp³-hybridized carbons (Fsp3) is 0.280. The zero-order valence-corrected chi connectivity index (χ0v) is 19.3. The summed E-state index contributed by atoms with van der Waals surface area (Å²) in [5, 5.41) is 7.86. The van der Waals surface area contributed by atoms with Crippen molar-refractivity contribution >= 4 is 17.8 Å². The molecule has 1 fully saturated rings. The number of nitrogens with one attached hydrogen (secondary N) is 2. The van der Waals surface area contributed by atoms with Crippen LogP contribution < -0.4 is 10.7 Å². The monoisotopic (exact) mass is 460 g/mol. The van der Waals surface area contributed by atoms with Crippen LogP contribution in [0.15, 0.2) is 73.1 Å². The molecule has 1 unspecified atom stereocenters. The SMILES string of the molecule is CN(CC(=O)NN1C(=O)NC(C)(CCc2ccccc2)C1=O)Cc1cnn(-c2ccccc2)c1. The molecule has 1 aliphatic heterocycles. The Hall–Kier alpha value is -3.98. The van der Waals surface area contributed by atoms with Crippen LogP contribution in [0.5, 0.6) is 0 Å². The molecule has 4 amide bonds. The maximum atomic E-state index is 12.9. The van der Waals surface area contributed by atoms with Crippen LogP contribution in [0.3, 0.4) is 0 Å². The summed E-state index contributed by atoms with van der Waals surface area (Å²) in [5.41, 5.74) is 4.33. The second-order valence-electron chi connectivity index (χ2n) is 8.72. The van der Waals surface area contributed by atoms with Gasteiger partial charge in [0.15, 0.2) is 0 Å². The van der Waals surface area contributed by atoms with Gasteiger partial charge in [-0.1, -0.05) is 48.5 Å². The number of aryl methyl sites for hydroxylation is 1. The first-order valence-electron chi connectivity index (χ1n) is 11.1. The zero-order chi connectivity index (χ0) is 24.1. The van der Waals surface area contributed by atoms with Crippen molar-refractivity contribution in [2.75, 3.05) is 13.6 Å². The molecular formula is C25H28N6O3. The van der Waals surface area contributed by atoms with Gasteiger partial charge in [0.2, 0.25) is 0 Å². The summed E-state index contributed by atoms with van der Waals surface area (Å²) in [6.07, 6.45) is 4.71. The third kappa shape index (κ3) is 5.32. The van der Waals surface area contributed by atoms with Crippen LogP contribution >= 0.6 is 0 Å². The topological polar surface area (TPSA) is 99.6 Å². The number of carbonyl (C=O) groups is 3. The van der Waals surface area contributed by atoms with E-state index in [2.05, 4.69) is 15.8 Å². The molecule has 2 aromatic carbocycles. The highest BCUT2D eigenvalue weighted by Crippen LogP contribution is 2.22. The number of imide groups is 1. The number of urea groups is 1. The van der Waals surface area contributed by atoms with Gasteiger partial charge in [-0.2, -0.15) is 10.1 Å². The third-order valence-electron chi connectivity index (χ3n) is 5.78. The van der Waals surface area contributed by atoms with Crippen molar-refractivity contribution in [2.45, 2.75) is 31.8 Å². The van der Waals surface area contributed by atoms with Gasteiger partial charge in [0, 0.05) is 18.3 Å². The van der Waals surface area contributed by atoms with Crippen molar-refractivity contribution in [3.63, 3.8) is 0 Å². The van der Waals surface area contributed by atoms with Crippen molar-refractivity contribution in [3.05, 3.63) is 84.2 Å². The molecule has 176 valence electrons. The van der Waals surface area contributed by atoms with E-state index in [0.29, 0.717) is 19.4 Å². The van der Waals surface area contributed by atoms with Gasteiger partial charge in [0.25, 0.3) is 11.8 Å². The number of para-hydroxylation sites is 1. The molecule has 34 heavy (non-hydrogen) atoms. The van der Waals surface area contributed by atoms with Crippen LogP contribution in [-0.4, -0.2) is 56.7 Å². The minimum Gasteiger partial charge on any atom is -0.322 e. The molecule has 1 atom stereocenters. The normalized spacial score (nSPS) is 17.8. The number of rotatable bonds is 9. The number of hydrogen-bond donors (Lipinski definition) is 2. The van der Waals surface area contributed by atoms with Gasteiger partial charge in [-0.25, -0.2) is 9.48 Å².